The van der Waals surface area contributed by atoms with Crippen molar-refractivity contribution in [1.29, 1.82) is 0 Å². The minimum absolute atomic E-state index is 0.474. The summed E-state index contributed by atoms with van der Waals surface area (Å²) in [5.74, 6) is 2.48. The zero-order valence-corrected chi connectivity index (χ0v) is 13.2. The van der Waals surface area contributed by atoms with Gasteiger partial charge in [0.1, 0.15) is 23.9 Å². The van der Waals surface area contributed by atoms with E-state index in [1.807, 2.05) is 24.3 Å². The van der Waals surface area contributed by atoms with Gasteiger partial charge in [-0.05, 0) is 46.7 Å². The number of ether oxygens (including phenoxy) is 2. The van der Waals surface area contributed by atoms with E-state index >= 15 is 0 Å². The van der Waals surface area contributed by atoms with Crippen LogP contribution in [0.15, 0.2) is 39.4 Å². The van der Waals surface area contributed by atoms with E-state index in [9.17, 15) is 0 Å². The summed E-state index contributed by atoms with van der Waals surface area (Å²) in [6.07, 6.45) is 1.69. The predicted octanol–water partition coefficient (Wildman–Crippen LogP) is 3.74. The lowest BCUT2D eigenvalue weighted by Gasteiger charge is -2.09. The number of furan rings is 1. The van der Waals surface area contributed by atoms with Gasteiger partial charge in [-0.25, -0.2) is 0 Å². The predicted molar refractivity (Wildman–Crippen MR) is 81.1 cm³/mol. The topological polar surface area (TPSA) is 43.6 Å². The Morgan fingerprint density at radius 3 is 2.85 bits per heavy atom. The summed E-state index contributed by atoms with van der Waals surface area (Å²) in [4.78, 5) is 0. The van der Waals surface area contributed by atoms with Crippen LogP contribution in [-0.2, 0) is 13.2 Å². The Morgan fingerprint density at radius 2 is 2.15 bits per heavy atom. The molecule has 0 bridgehead atoms. The quantitative estimate of drug-likeness (QED) is 0.834. The van der Waals surface area contributed by atoms with Crippen molar-refractivity contribution < 1.29 is 13.9 Å². The highest BCUT2D eigenvalue weighted by atomic mass is 79.9. The number of halogens is 1. The first-order valence-electron chi connectivity index (χ1n) is 6.47. The first-order valence-corrected chi connectivity index (χ1v) is 7.26. The van der Waals surface area contributed by atoms with Crippen LogP contribution in [0.2, 0.25) is 0 Å². The maximum absolute atomic E-state index is 5.81. The van der Waals surface area contributed by atoms with Crippen LogP contribution in [0, 0.1) is 0 Å². The Kier molecular flexibility index (Phi) is 5.49. The molecule has 0 radical (unpaired) electrons. The van der Waals surface area contributed by atoms with Gasteiger partial charge < -0.3 is 19.2 Å². The molecule has 0 unspecified atom stereocenters. The van der Waals surface area contributed by atoms with Crippen LogP contribution in [0.4, 0.5) is 0 Å². The van der Waals surface area contributed by atoms with E-state index in [1.54, 1.807) is 13.4 Å². The second kappa shape index (κ2) is 7.36. The van der Waals surface area contributed by atoms with Crippen molar-refractivity contribution in [3.63, 3.8) is 0 Å². The fraction of sp³-hybridized carbons (Fsp3) is 0.333. The van der Waals surface area contributed by atoms with E-state index in [1.165, 1.54) is 0 Å². The molecule has 1 heterocycles. The smallest absolute Gasteiger partial charge is 0.134 e. The molecule has 1 aromatic heterocycles. The summed E-state index contributed by atoms with van der Waals surface area (Å²) in [6.45, 7) is 4.16. The Bertz CT molecular complexity index is 554. The average Bonchev–Trinajstić information content (AvgIpc) is 2.91. The lowest BCUT2D eigenvalue weighted by Crippen LogP contribution is -2.12. The van der Waals surface area contributed by atoms with Gasteiger partial charge in [0.2, 0.25) is 0 Å². The van der Waals surface area contributed by atoms with Crippen LogP contribution in [0.5, 0.6) is 11.5 Å². The van der Waals surface area contributed by atoms with Gasteiger partial charge in [-0.1, -0.05) is 6.92 Å². The molecular formula is C15H18BrNO3. The van der Waals surface area contributed by atoms with E-state index < -0.39 is 0 Å². The number of nitrogens with one attached hydrogen (secondary N) is 1. The summed E-state index contributed by atoms with van der Waals surface area (Å²) in [5, 5.41) is 3.24. The van der Waals surface area contributed by atoms with Gasteiger partial charge in [0.15, 0.2) is 0 Å². The van der Waals surface area contributed by atoms with Crippen molar-refractivity contribution in [3.8, 4) is 11.5 Å². The third kappa shape index (κ3) is 3.77. The van der Waals surface area contributed by atoms with Gasteiger partial charge in [-0.15, -0.1) is 0 Å². The lowest BCUT2D eigenvalue weighted by atomic mass is 10.2. The first-order chi connectivity index (χ1) is 9.74. The number of hydrogen-bond donors (Lipinski definition) is 1. The second-order valence-electron chi connectivity index (χ2n) is 4.23. The van der Waals surface area contributed by atoms with Gasteiger partial charge >= 0.3 is 0 Å². The molecular weight excluding hydrogens is 322 g/mol. The molecule has 108 valence electrons. The second-order valence-corrected chi connectivity index (χ2v) is 5.09. The molecule has 2 rings (SSSR count). The van der Waals surface area contributed by atoms with Gasteiger partial charge in [-0.3, -0.25) is 0 Å². The molecule has 0 spiro atoms. The zero-order valence-electron chi connectivity index (χ0n) is 11.6. The molecule has 20 heavy (non-hydrogen) atoms. The van der Waals surface area contributed by atoms with Gasteiger partial charge in [-0.2, -0.15) is 0 Å². The van der Waals surface area contributed by atoms with Gasteiger partial charge in [0, 0.05) is 5.56 Å². The highest BCUT2D eigenvalue weighted by molar-refractivity contribution is 9.10. The number of methoxy groups -OCH3 is 1. The van der Waals surface area contributed by atoms with Crippen LogP contribution in [0.3, 0.4) is 0 Å². The van der Waals surface area contributed by atoms with E-state index in [0.717, 1.165) is 33.8 Å². The van der Waals surface area contributed by atoms with Crippen molar-refractivity contribution in [1.82, 2.24) is 5.32 Å². The normalized spacial score (nSPS) is 10.6. The minimum Gasteiger partial charge on any atom is -0.497 e. The monoisotopic (exact) mass is 339 g/mol. The fourth-order valence-electron chi connectivity index (χ4n) is 1.77. The summed E-state index contributed by atoms with van der Waals surface area (Å²) in [6, 6.07) is 7.57. The van der Waals surface area contributed by atoms with Crippen molar-refractivity contribution in [2.24, 2.45) is 0 Å². The van der Waals surface area contributed by atoms with Crippen LogP contribution < -0.4 is 14.8 Å². The number of benzene rings is 1. The molecule has 0 aliphatic carbocycles. The first kappa shape index (κ1) is 14.9. The van der Waals surface area contributed by atoms with Gasteiger partial charge in [0.05, 0.1) is 24.4 Å². The molecule has 0 atom stereocenters. The molecule has 0 saturated carbocycles. The highest BCUT2D eigenvalue weighted by Crippen LogP contribution is 2.30. The molecule has 5 heteroatoms. The summed E-state index contributed by atoms with van der Waals surface area (Å²) < 4.78 is 17.3. The lowest BCUT2D eigenvalue weighted by molar-refractivity contribution is 0.298. The van der Waals surface area contributed by atoms with E-state index in [2.05, 4.69) is 28.2 Å². The molecule has 0 amide bonds. The zero-order chi connectivity index (χ0) is 14.4. The van der Waals surface area contributed by atoms with Crippen molar-refractivity contribution in [2.45, 2.75) is 20.1 Å². The van der Waals surface area contributed by atoms with Crippen LogP contribution in [-0.4, -0.2) is 13.7 Å². The Morgan fingerprint density at radius 1 is 1.30 bits per heavy atom. The molecule has 0 aliphatic heterocycles. The summed E-state index contributed by atoms with van der Waals surface area (Å²) in [7, 11) is 1.64. The number of rotatable bonds is 7. The van der Waals surface area contributed by atoms with Crippen LogP contribution >= 0.6 is 15.9 Å². The van der Waals surface area contributed by atoms with E-state index in [0.29, 0.717) is 13.2 Å². The molecule has 4 nitrogen and oxygen atoms in total. The molecule has 1 aromatic carbocycles. The van der Waals surface area contributed by atoms with Crippen LogP contribution in [0.1, 0.15) is 18.2 Å². The van der Waals surface area contributed by atoms with Crippen molar-refractivity contribution in [3.05, 3.63) is 46.3 Å². The SMILES string of the molecule is CCNCc1occc1COc1ccc(OC)cc1Br. The molecule has 1 N–H and O–H groups in total. The van der Waals surface area contributed by atoms with E-state index in [4.69, 9.17) is 13.9 Å². The summed E-state index contributed by atoms with van der Waals surface area (Å²) >= 11 is 3.47. The van der Waals surface area contributed by atoms with Crippen LogP contribution in [0.25, 0.3) is 0 Å². The molecule has 0 fully saturated rings. The number of hydrogen-bond acceptors (Lipinski definition) is 4. The third-order valence-electron chi connectivity index (χ3n) is 2.90. The molecule has 0 aliphatic rings. The fourth-order valence-corrected chi connectivity index (χ4v) is 2.24. The highest BCUT2D eigenvalue weighted by Gasteiger charge is 2.08. The molecule has 2 aromatic rings. The molecule has 0 saturated heterocycles. The van der Waals surface area contributed by atoms with Crippen molar-refractivity contribution in [2.75, 3.05) is 13.7 Å². The Hall–Kier alpha value is -1.46. The van der Waals surface area contributed by atoms with E-state index in [-0.39, 0.29) is 0 Å². The minimum atomic E-state index is 0.474. The Labute approximate surface area is 127 Å². The largest absolute Gasteiger partial charge is 0.497 e. The maximum Gasteiger partial charge on any atom is 0.134 e. The standard InChI is InChI=1S/C15H18BrNO3/c1-3-17-9-15-11(6-7-19-15)10-20-14-5-4-12(18-2)8-13(14)16/h4-8,17H,3,9-10H2,1-2H3. The maximum atomic E-state index is 5.81. The van der Waals surface area contributed by atoms with Crippen molar-refractivity contribution >= 4 is 15.9 Å². The van der Waals surface area contributed by atoms with Gasteiger partial charge in [0.25, 0.3) is 0 Å². The average molecular weight is 340 g/mol. The Balaban J connectivity index is 2.00. The third-order valence-corrected chi connectivity index (χ3v) is 3.52. The summed E-state index contributed by atoms with van der Waals surface area (Å²) in [5.41, 5.74) is 1.05.